The van der Waals surface area contributed by atoms with Crippen LogP contribution in [0.25, 0.3) is 0 Å². The minimum absolute atomic E-state index is 0.0160. The molecular formula is C13H21N3O3. The summed E-state index contributed by atoms with van der Waals surface area (Å²) in [6.07, 6.45) is 4.80. The van der Waals surface area contributed by atoms with E-state index in [-0.39, 0.29) is 25.0 Å². The Morgan fingerprint density at radius 1 is 1.74 bits per heavy atom. The zero-order valence-electron chi connectivity index (χ0n) is 11.5. The monoisotopic (exact) mass is 267 g/mol. The third-order valence-electron chi connectivity index (χ3n) is 3.47. The third kappa shape index (κ3) is 3.13. The predicted molar refractivity (Wildman–Crippen MR) is 69.7 cm³/mol. The van der Waals surface area contributed by atoms with E-state index >= 15 is 0 Å². The Hall–Kier alpha value is -1.40. The van der Waals surface area contributed by atoms with Gasteiger partial charge in [-0.2, -0.15) is 0 Å². The van der Waals surface area contributed by atoms with Crippen molar-refractivity contribution in [3.8, 4) is 0 Å². The van der Waals surface area contributed by atoms with Gasteiger partial charge < -0.3 is 19.3 Å². The lowest BCUT2D eigenvalue weighted by Crippen LogP contribution is -2.40. The minimum atomic E-state index is -0.651. The molecule has 0 aromatic carbocycles. The molecule has 2 atom stereocenters. The molecule has 106 valence electrons. The summed E-state index contributed by atoms with van der Waals surface area (Å²) in [4.78, 5) is 18.3. The van der Waals surface area contributed by atoms with Crippen LogP contribution >= 0.6 is 0 Å². The topological polar surface area (TPSA) is 67.6 Å². The molecule has 19 heavy (non-hydrogen) atoms. The molecule has 0 aliphatic carbocycles. The first-order valence-corrected chi connectivity index (χ1v) is 6.56. The van der Waals surface area contributed by atoms with Gasteiger partial charge in [0.15, 0.2) is 0 Å². The molecule has 1 aliphatic heterocycles. The molecule has 0 fully saturated rings. The van der Waals surface area contributed by atoms with Crippen molar-refractivity contribution in [2.75, 3.05) is 27.3 Å². The van der Waals surface area contributed by atoms with Crippen molar-refractivity contribution in [1.82, 2.24) is 14.5 Å². The number of hydrogen-bond donors (Lipinski definition) is 1. The van der Waals surface area contributed by atoms with Crippen molar-refractivity contribution < 1.29 is 14.6 Å². The molecule has 0 bridgehead atoms. The van der Waals surface area contributed by atoms with E-state index in [9.17, 15) is 9.90 Å². The molecule has 1 aromatic heterocycles. The van der Waals surface area contributed by atoms with E-state index in [0.717, 1.165) is 25.2 Å². The Labute approximate surface area is 113 Å². The Morgan fingerprint density at radius 3 is 3.26 bits per heavy atom. The van der Waals surface area contributed by atoms with Crippen molar-refractivity contribution >= 4 is 5.91 Å². The summed E-state index contributed by atoms with van der Waals surface area (Å²) in [6, 6.07) is 0. The van der Waals surface area contributed by atoms with Crippen molar-refractivity contribution in [2.24, 2.45) is 0 Å². The average Bonchev–Trinajstić information content (AvgIpc) is 2.86. The standard InChI is InChI=1S/C13H21N3O3/c1-15(8-10(17)9-19-2)13(18)11-4-3-6-16-7-5-14-12(11)16/h5,7,10-11,17H,3-4,6,8-9H2,1-2H3. The molecule has 0 radical (unpaired) electrons. The SMILES string of the molecule is COCC(O)CN(C)C(=O)C1CCCn2ccnc21. The number of nitrogens with zero attached hydrogens (tertiary/aromatic N) is 3. The summed E-state index contributed by atoms with van der Waals surface area (Å²) < 4.78 is 6.90. The van der Waals surface area contributed by atoms with Gasteiger partial charge in [0.05, 0.1) is 18.6 Å². The number of likely N-dealkylation sites (N-methyl/N-ethyl adjacent to an activating group) is 1. The highest BCUT2D eigenvalue weighted by Gasteiger charge is 2.30. The number of rotatable bonds is 5. The van der Waals surface area contributed by atoms with E-state index in [4.69, 9.17) is 4.74 Å². The van der Waals surface area contributed by atoms with E-state index in [0.29, 0.717) is 0 Å². The molecule has 1 N–H and O–H groups in total. The number of imidazole rings is 1. The molecule has 1 aromatic rings. The number of aliphatic hydroxyl groups excluding tert-OH is 1. The van der Waals surface area contributed by atoms with Gasteiger partial charge in [0.2, 0.25) is 5.91 Å². The van der Waals surface area contributed by atoms with Gasteiger partial charge in [-0.3, -0.25) is 4.79 Å². The number of hydrogen-bond acceptors (Lipinski definition) is 4. The van der Waals surface area contributed by atoms with Gasteiger partial charge in [-0.1, -0.05) is 0 Å². The number of aliphatic hydroxyl groups is 1. The summed E-state index contributed by atoms with van der Waals surface area (Å²) in [5.41, 5.74) is 0. The molecule has 1 amide bonds. The molecule has 6 heteroatoms. The number of methoxy groups -OCH3 is 1. The summed E-state index contributed by atoms with van der Waals surface area (Å²) in [5, 5.41) is 9.68. The molecule has 2 unspecified atom stereocenters. The fraction of sp³-hybridized carbons (Fsp3) is 0.692. The van der Waals surface area contributed by atoms with Crippen LogP contribution in [0.2, 0.25) is 0 Å². The number of aryl methyl sites for hydroxylation is 1. The number of fused-ring (bicyclic) bond motifs is 1. The maximum atomic E-state index is 12.4. The number of carbonyl (C=O) groups is 1. The summed E-state index contributed by atoms with van der Waals surface area (Å²) in [6.45, 7) is 1.44. The molecule has 1 aliphatic rings. The van der Waals surface area contributed by atoms with Crippen LogP contribution in [0, 0.1) is 0 Å². The number of carbonyl (C=O) groups excluding carboxylic acids is 1. The lowest BCUT2D eigenvalue weighted by Gasteiger charge is -2.28. The zero-order chi connectivity index (χ0) is 13.8. The van der Waals surface area contributed by atoms with E-state index in [1.54, 1.807) is 18.1 Å². The second kappa shape index (κ2) is 6.16. The smallest absolute Gasteiger partial charge is 0.233 e. The maximum Gasteiger partial charge on any atom is 0.233 e. The molecule has 2 heterocycles. The highest BCUT2D eigenvalue weighted by molar-refractivity contribution is 5.82. The molecule has 0 saturated heterocycles. The maximum absolute atomic E-state index is 12.4. The van der Waals surface area contributed by atoms with Gasteiger partial charge in [0, 0.05) is 39.6 Å². The first-order chi connectivity index (χ1) is 9.13. The van der Waals surface area contributed by atoms with Gasteiger partial charge >= 0.3 is 0 Å². The van der Waals surface area contributed by atoms with E-state index in [1.807, 2.05) is 10.8 Å². The predicted octanol–water partition coefficient (Wildman–Crippen LogP) is 0.226. The normalized spacial score (nSPS) is 19.8. The van der Waals surface area contributed by atoms with Crippen LogP contribution in [0.5, 0.6) is 0 Å². The third-order valence-corrected chi connectivity index (χ3v) is 3.47. The fourth-order valence-electron chi connectivity index (χ4n) is 2.57. The lowest BCUT2D eigenvalue weighted by atomic mass is 9.97. The van der Waals surface area contributed by atoms with Crippen molar-refractivity contribution in [3.05, 3.63) is 18.2 Å². The van der Waals surface area contributed by atoms with E-state index in [2.05, 4.69) is 4.98 Å². The number of amides is 1. The van der Waals surface area contributed by atoms with Gasteiger partial charge in [-0.25, -0.2) is 4.98 Å². The van der Waals surface area contributed by atoms with Crippen molar-refractivity contribution in [2.45, 2.75) is 31.4 Å². The van der Waals surface area contributed by atoms with Crippen molar-refractivity contribution in [3.63, 3.8) is 0 Å². The number of ether oxygens (including phenoxy) is 1. The van der Waals surface area contributed by atoms with Crippen LogP contribution in [0.1, 0.15) is 24.6 Å². The molecule has 0 saturated carbocycles. The van der Waals surface area contributed by atoms with Crippen LogP contribution in [0.3, 0.4) is 0 Å². The number of aromatic nitrogens is 2. The summed E-state index contributed by atoms with van der Waals surface area (Å²) in [7, 11) is 3.24. The molecule has 2 rings (SSSR count). The van der Waals surface area contributed by atoms with Crippen molar-refractivity contribution in [1.29, 1.82) is 0 Å². The Morgan fingerprint density at radius 2 is 2.53 bits per heavy atom. The van der Waals surface area contributed by atoms with Gasteiger partial charge in [-0.15, -0.1) is 0 Å². The van der Waals surface area contributed by atoms with Gasteiger partial charge in [0.25, 0.3) is 0 Å². The first-order valence-electron chi connectivity index (χ1n) is 6.56. The highest BCUT2D eigenvalue weighted by Crippen LogP contribution is 2.27. The summed E-state index contributed by atoms with van der Waals surface area (Å²) >= 11 is 0. The summed E-state index contributed by atoms with van der Waals surface area (Å²) in [5.74, 6) is 0.662. The molecular weight excluding hydrogens is 246 g/mol. The lowest BCUT2D eigenvalue weighted by molar-refractivity contribution is -0.133. The van der Waals surface area contributed by atoms with Crippen LogP contribution in [-0.2, 0) is 16.1 Å². The zero-order valence-corrected chi connectivity index (χ0v) is 11.5. The van der Waals surface area contributed by atoms with Crippen LogP contribution in [0.4, 0.5) is 0 Å². The first kappa shape index (κ1) is 14.0. The molecule has 0 spiro atoms. The Balaban J connectivity index is 2.01. The Kier molecular flexibility index (Phi) is 4.55. The Bertz CT molecular complexity index is 433. The van der Waals surface area contributed by atoms with E-state index < -0.39 is 6.10 Å². The second-order valence-corrected chi connectivity index (χ2v) is 5.00. The van der Waals surface area contributed by atoms with Crippen LogP contribution in [0.15, 0.2) is 12.4 Å². The second-order valence-electron chi connectivity index (χ2n) is 5.00. The van der Waals surface area contributed by atoms with Crippen LogP contribution < -0.4 is 0 Å². The van der Waals surface area contributed by atoms with Gasteiger partial charge in [0.1, 0.15) is 5.82 Å². The average molecular weight is 267 g/mol. The quantitative estimate of drug-likeness (QED) is 0.829. The largest absolute Gasteiger partial charge is 0.389 e. The van der Waals surface area contributed by atoms with E-state index in [1.165, 1.54) is 7.11 Å². The van der Waals surface area contributed by atoms with Gasteiger partial charge in [-0.05, 0) is 12.8 Å². The fourth-order valence-corrected chi connectivity index (χ4v) is 2.57. The minimum Gasteiger partial charge on any atom is -0.389 e. The van der Waals surface area contributed by atoms with Crippen LogP contribution in [-0.4, -0.2) is 58.9 Å². The highest BCUT2D eigenvalue weighted by atomic mass is 16.5. The molecule has 6 nitrogen and oxygen atoms in total.